The van der Waals surface area contributed by atoms with Gasteiger partial charge >= 0.3 is 0 Å². The fourth-order valence-electron chi connectivity index (χ4n) is 2.90. The Morgan fingerprint density at radius 2 is 1.79 bits per heavy atom. The molecule has 1 aromatic carbocycles. The van der Waals surface area contributed by atoms with Gasteiger partial charge in [0.05, 0.1) is 11.5 Å². The number of anilines is 1. The zero-order valence-electron chi connectivity index (χ0n) is 15.2. The molecule has 11 heteroatoms. The number of thiophene rings is 1. The summed E-state index contributed by atoms with van der Waals surface area (Å²) >= 11 is 1.16. The van der Waals surface area contributed by atoms with E-state index in [0.717, 1.165) is 21.9 Å². The van der Waals surface area contributed by atoms with Gasteiger partial charge in [0, 0.05) is 55.8 Å². The molecule has 0 radical (unpaired) electrons. The zero-order valence-corrected chi connectivity index (χ0v) is 16.8. The summed E-state index contributed by atoms with van der Waals surface area (Å²) in [6.45, 7) is 3.39. The first-order chi connectivity index (χ1) is 13.3. The van der Waals surface area contributed by atoms with Crippen LogP contribution in [0.5, 0.6) is 0 Å². The predicted octanol–water partition coefficient (Wildman–Crippen LogP) is 1.80. The van der Waals surface area contributed by atoms with E-state index >= 15 is 0 Å². The number of non-ortho nitro benzene ring substituents is 1. The number of carbonyl (C=O) groups excluding carboxylic acids is 1. The van der Waals surface area contributed by atoms with Crippen molar-refractivity contribution in [2.45, 2.75) is 17.7 Å². The summed E-state index contributed by atoms with van der Waals surface area (Å²) in [5, 5.41) is 13.4. The van der Waals surface area contributed by atoms with Crippen LogP contribution >= 0.6 is 11.3 Å². The first-order valence-electron chi connectivity index (χ1n) is 8.60. The molecule has 2 aromatic rings. The lowest BCUT2D eigenvalue weighted by Crippen LogP contribution is -2.48. The molecule has 0 saturated carbocycles. The Morgan fingerprint density at radius 3 is 2.36 bits per heavy atom. The van der Waals surface area contributed by atoms with Crippen molar-refractivity contribution < 1.29 is 18.1 Å². The van der Waals surface area contributed by atoms with Crippen LogP contribution in [0.2, 0.25) is 0 Å². The molecule has 0 bridgehead atoms. The van der Waals surface area contributed by atoms with E-state index in [-0.39, 0.29) is 15.8 Å². The number of benzene rings is 1. The number of carbonyl (C=O) groups is 1. The number of hydrogen-bond acceptors (Lipinski definition) is 7. The minimum Gasteiger partial charge on any atom is -0.369 e. The van der Waals surface area contributed by atoms with Crippen molar-refractivity contribution in [3.8, 4) is 0 Å². The molecule has 1 aliphatic heterocycles. The molecule has 0 spiro atoms. The molecule has 1 N–H and O–H groups in total. The number of rotatable bonds is 6. The standard InChI is InChI=1S/C17H20N4O5S2/c1-13(22)18-12-16-6-7-17(27-16)28(25,26)20-10-8-19(9-11-20)14-2-4-15(5-3-14)21(23)24/h2-7H,8-12H2,1H3,(H,18,22). The van der Waals surface area contributed by atoms with Crippen LogP contribution in [0.4, 0.5) is 11.4 Å². The van der Waals surface area contributed by atoms with E-state index in [2.05, 4.69) is 5.32 Å². The average molecular weight is 425 g/mol. The number of amides is 1. The molecule has 0 aliphatic carbocycles. The highest BCUT2D eigenvalue weighted by Gasteiger charge is 2.30. The molecule has 3 rings (SSSR count). The molecule has 1 fully saturated rings. The van der Waals surface area contributed by atoms with Gasteiger partial charge in [-0.3, -0.25) is 14.9 Å². The van der Waals surface area contributed by atoms with Crippen molar-refractivity contribution in [1.29, 1.82) is 0 Å². The average Bonchev–Trinajstić information content (AvgIpc) is 3.16. The lowest BCUT2D eigenvalue weighted by molar-refractivity contribution is -0.384. The van der Waals surface area contributed by atoms with Gasteiger partial charge < -0.3 is 10.2 Å². The first kappa shape index (κ1) is 20.2. The summed E-state index contributed by atoms with van der Waals surface area (Å²) in [7, 11) is -3.58. The predicted molar refractivity (Wildman–Crippen MR) is 106 cm³/mol. The van der Waals surface area contributed by atoms with Crippen molar-refractivity contribution in [2.75, 3.05) is 31.1 Å². The summed E-state index contributed by atoms with van der Waals surface area (Å²) in [6.07, 6.45) is 0. The van der Waals surface area contributed by atoms with Gasteiger partial charge in [-0.15, -0.1) is 11.3 Å². The molecule has 28 heavy (non-hydrogen) atoms. The highest BCUT2D eigenvalue weighted by molar-refractivity contribution is 7.91. The quantitative estimate of drug-likeness (QED) is 0.559. The number of piperazine rings is 1. The Bertz CT molecular complexity index is 964. The third-order valence-electron chi connectivity index (χ3n) is 4.41. The van der Waals surface area contributed by atoms with E-state index in [9.17, 15) is 23.3 Å². The normalized spacial score (nSPS) is 15.4. The first-order valence-corrected chi connectivity index (χ1v) is 10.9. The Kier molecular flexibility index (Phi) is 5.96. The second kappa shape index (κ2) is 8.25. The van der Waals surface area contributed by atoms with E-state index in [0.29, 0.717) is 32.7 Å². The van der Waals surface area contributed by atoms with Crippen molar-refractivity contribution in [2.24, 2.45) is 0 Å². The van der Waals surface area contributed by atoms with E-state index in [1.165, 1.54) is 23.4 Å². The molecule has 2 heterocycles. The number of nitro benzene ring substituents is 1. The molecule has 0 unspecified atom stereocenters. The number of nitrogens with zero attached hydrogens (tertiary/aromatic N) is 3. The van der Waals surface area contributed by atoms with Gasteiger partial charge in [-0.25, -0.2) is 8.42 Å². The largest absolute Gasteiger partial charge is 0.369 e. The molecular formula is C17H20N4O5S2. The molecular weight excluding hydrogens is 404 g/mol. The van der Waals surface area contributed by atoms with Gasteiger partial charge in [-0.2, -0.15) is 4.31 Å². The number of nitrogens with one attached hydrogen (secondary N) is 1. The fraction of sp³-hybridized carbons (Fsp3) is 0.353. The Hall–Kier alpha value is -2.50. The van der Waals surface area contributed by atoms with Crippen LogP contribution in [0.3, 0.4) is 0 Å². The van der Waals surface area contributed by atoms with Crippen LogP contribution in [0.1, 0.15) is 11.8 Å². The van der Waals surface area contributed by atoms with Crippen LogP contribution in [0.25, 0.3) is 0 Å². The smallest absolute Gasteiger partial charge is 0.269 e. The van der Waals surface area contributed by atoms with Crippen molar-refractivity contribution in [1.82, 2.24) is 9.62 Å². The van der Waals surface area contributed by atoms with Gasteiger partial charge in [0.25, 0.3) is 15.7 Å². The van der Waals surface area contributed by atoms with Crippen LogP contribution in [-0.4, -0.2) is 49.7 Å². The molecule has 1 saturated heterocycles. The van der Waals surface area contributed by atoms with Crippen LogP contribution < -0.4 is 10.2 Å². The third-order valence-corrected chi connectivity index (χ3v) is 7.86. The van der Waals surface area contributed by atoms with Gasteiger partial charge in [0.1, 0.15) is 4.21 Å². The van der Waals surface area contributed by atoms with E-state index in [1.54, 1.807) is 24.3 Å². The highest BCUT2D eigenvalue weighted by Crippen LogP contribution is 2.27. The SMILES string of the molecule is CC(=O)NCc1ccc(S(=O)(=O)N2CCN(c3ccc([N+](=O)[O-])cc3)CC2)s1. The summed E-state index contributed by atoms with van der Waals surface area (Å²) in [5.74, 6) is -0.167. The number of nitro groups is 1. The Labute approximate surface area is 166 Å². The lowest BCUT2D eigenvalue weighted by atomic mass is 10.2. The summed E-state index contributed by atoms with van der Waals surface area (Å²) in [6, 6.07) is 9.52. The fourth-order valence-corrected chi connectivity index (χ4v) is 5.77. The third kappa shape index (κ3) is 4.49. The molecule has 150 valence electrons. The van der Waals surface area contributed by atoms with Gasteiger partial charge in [0.2, 0.25) is 5.91 Å². The van der Waals surface area contributed by atoms with Crippen molar-refractivity contribution >= 4 is 38.6 Å². The highest BCUT2D eigenvalue weighted by atomic mass is 32.2. The van der Waals surface area contributed by atoms with Crippen LogP contribution in [-0.2, 0) is 21.4 Å². The minimum atomic E-state index is -3.58. The maximum absolute atomic E-state index is 12.9. The molecule has 1 aliphatic rings. The number of hydrogen-bond donors (Lipinski definition) is 1. The zero-order chi connectivity index (χ0) is 20.3. The maximum Gasteiger partial charge on any atom is 0.269 e. The summed E-state index contributed by atoms with van der Waals surface area (Å²) in [4.78, 5) is 24.1. The minimum absolute atomic E-state index is 0.0257. The van der Waals surface area contributed by atoms with Gasteiger partial charge in [-0.1, -0.05) is 0 Å². The van der Waals surface area contributed by atoms with E-state index < -0.39 is 14.9 Å². The monoisotopic (exact) mass is 424 g/mol. The lowest BCUT2D eigenvalue weighted by Gasteiger charge is -2.35. The molecule has 1 aromatic heterocycles. The second-order valence-corrected chi connectivity index (χ2v) is 9.63. The second-order valence-electron chi connectivity index (χ2n) is 6.30. The number of sulfonamides is 1. The van der Waals surface area contributed by atoms with Crippen molar-refractivity contribution in [3.63, 3.8) is 0 Å². The van der Waals surface area contributed by atoms with E-state index in [1.807, 2.05) is 4.90 Å². The topological polar surface area (TPSA) is 113 Å². The Balaban J connectivity index is 1.63. The van der Waals surface area contributed by atoms with E-state index in [4.69, 9.17) is 0 Å². The summed E-state index contributed by atoms with van der Waals surface area (Å²) < 4.78 is 27.4. The molecule has 9 nitrogen and oxygen atoms in total. The van der Waals surface area contributed by atoms with Crippen molar-refractivity contribution in [3.05, 3.63) is 51.4 Å². The van der Waals surface area contributed by atoms with Crippen LogP contribution in [0.15, 0.2) is 40.6 Å². The Morgan fingerprint density at radius 1 is 1.14 bits per heavy atom. The maximum atomic E-state index is 12.9. The van der Waals surface area contributed by atoms with Crippen LogP contribution in [0, 0.1) is 10.1 Å². The summed E-state index contributed by atoms with van der Waals surface area (Å²) in [5.41, 5.74) is 0.856. The van der Waals surface area contributed by atoms with Gasteiger partial charge in [0.15, 0.2) is 0 Å². The molecule has 0 atom stereocenters. The molecule has 1 amide bonds. The van der Waals surface area contributed by atoms with Gasteiger partial charge in [-0.05, 0) is 24.3 Å².